The molecule has 6 nitrogen and oxygen atoms in total. The molecule has 3 aromatic carbocycles. The lowest BCUT2D eigenvalue weighted by Gasteiger charge is -2.12. The molecule has 0 saturated carbocycles. The molecule has 0 unspecified atom stereocenters. The number of hydrogen-bond donors (Lipinski definition) is 2. The van der Waals surface area contributed by atoms with Crippen molar-refractivity contribution in [1.82, 2.24) is 4.57 Å². The molecule has 0 aliphatic rings. The van der Waals surface area contributed by atoms with E-state index in [0.29, 0.717) is 28.6 Å². The number of halogens is 1. The number of hydrogen-bond acceptors (Lipinski definition) is 3. The maximum atomic E-state index is 13.9. The SMILES string of the molecule is CCCCCc1cc(OCC(=O)O)c2c3c(C(N)=O)cccc3n(Cc3cccc(F)c3)c2c1. The van der Waals surface area contributed by atoms with Crippen LogP contribution in [0.1, 0.15) is 47.7 Å². The first-order chi connectivity index (χ1) is 16.4. The van der Waals surface area contributed by atoms with E-state index in [9.17, 15) is 19.1 Å². The van der Waals surface area contributed by atoms with Crippen molar-refractivity contribution in [3.63, 3.8) is 0 Å². The summed E-state index contributed by atoms with van der Waals surface area (Å²) in [5, 5.41) is 10.5. The van der Waals surface area contributed by atoms with Gasteiger partial charge in [0.05, 0.1) is 16.4 Å². The first kappa shape index (κ1) is 23.3. The minimum atomic E-state index is -1.09. The zero-order valence-corrected chi connectivity index (χ0v) is 19.0. The fourth-order valence-corrected chi connectivity index (χ4v) is 4.45. The number of carboxylic acids is 1. The van der Waals surface area contributed by atoms with E-state index in [2.05, 4.69) is 6.92 Å². The van der Waals surface area contributed by atoms with E-state index in [4.69, 9.17) is 10.5 Å². The molecule has 0 atom stereocenters. The van der Waals surface area contributed by atoms with Crippen molar-refractivity contribution in [3.8, 4) is 5.75 Å². The average molecular weight is 463 g/mol. The van der Waals surface area contributed by atoms with Crippen LogP contribution in [-0.2, 0) is 17.8 Å². The molecule has 7 heteroatoms. The van der Waals surface area contributed by atoms with Gasteiger partial charge in [-0.2, -0.15) is 0 Å². The van der Waals surface area contributed by atoms with Crippen LogP contribution in [0.2, 0.25) is 0 Å². The number of carbonyl (C=O) groups is 2. The van der Waals surface area contributed by atoms with E-state index < -0.39 is 18.5 Å². The number of ether oxygens (including phenoxy) is 1. The fraction of sp³-hybridized carbons (Fsp3) is 0.259. The largest absolute Gasteiger partial charge is 0.481 e. The van der Waals surface area contributed by atoms with Gasteiger partial charge in [0.2, 0.25) is 5.91 Å². The van der Waals surface area contributed by atoms with Crippen molar-refractivity contribution >= 4 is 33.7 Å². The molecule has 0 radical (unpaired) electrons. The first-order valence-corrected chi connectivity index (χ1v) is 11.4. The lowest BCUT2D eigenvalue weighted by molar-refractivity contribution is -0.139. The summed E-state index contributed by atoms with van der Waals surface area (Å²) in [6, 6.07) is 15.5. The number of amides is 1. The molecule has 0 fully saturated rings. The minimum absolute atomic E-state index is 0.319. The number of carbonyl (C=O) groups excluding carboxylic acids is 1. The Labute approximate surface area is 196 Å². The van der Waals surface area contributed by atoms with Crippen LogP contribution in [0, 0.1) is 5.82 Å². The molecular formula is C27H27FN2O4. The summed E-state index contributed by atoms with van der Waals surface area (Å²) >= 11 is 0. The van der Waals surface area contributed by atoms with E-state index in [-0.39, 0.29) is 5.82 Å². The zero-order valence-electron chi connectivity index (χ0n) is 19.0. The van der Waals surface area contributed by atoms with Crippen LogP contribution >= 0.6 is 0 Å². The molecule has 1 aromatic heterocycles. The van der Waals surface area contributed by atoms with Crippen LogP contribution < -0.4 is 10.5 Å². The lowest BCUT2D eigenvalue weighted by Crippen LogP contribution is -2.12. The van der Waals surface area contributed by atoms with Crippen molar-refractivity contribution in [2.24, 2.45) is 5.73 Å². The Bertz CT molecular complexity index is 1380. The number of rotatable bonds is 10. The second kappa shape index (κ2) is 9.95. The number of aromatic nitrogens is 1. The minimum Gasteiger partial charge on any atom is -0.481 e. The molecule has 4 rings (SSSR count). The summed E-state index contributed by atoms with van der Waals surface area (Å²) in [6.45, 7) is 1.98. The molecule has 4 aromatic rings. The van der Waals surface area contributed by atoms with Gasteiger partial charge < -0.3 is 20.1 Å². The van der Waals surface area contributed by atoms with E-state index in [1.807, 2.05) is 28.8 Å². The van der Waals surface area contributed by atoms with Gasteiger partial charge in [0.15, 0.2) is 6.61 Å². The van der Waals surface area contributed by atoms with Crippen LogP contribution in [0.25, 0.3) is 21.8 Å². The summed E-state index contributed by atoms with van der Waals surface area (Å²) in [7, 11) is 0. The van der Waals surface area contributed by atoms with Crippen molar-refractivity contribution in [1.29, 1.82) is 0 Å². The van der Waals surface area contributed by atoms with Crippen molar-refractivity contribution in [3.05, 3.63) is 77.1 Å². The van der Waals surface area contributed by atoms with Crippen molar-refractivity contribution in [2.45, 2.75) is 39.2 Å². The number of fused-ring (bicyclic) bond motifs is 3. The predicted octanol–water partition coefficient (Wildman–Crippen LogP) is 5.28. The number of unbranched alkanes of at least 4 members (excludes halogenated alkanes) is 2. The number of benzene rings is 3. The summed E-state index contributed by atoms with van der Waals surface area (Å²) in [5.74, 6) is -1.63. The number of aliphatic carboxylic acids is 1. The average Bonchev–Trinajstić information content (AvgIpc) is 3.11. The first-order valence-electron chi connectivity index (χ1n) is 11.4. The summed E-state index contributed by atoms with van der Waals surface area (Å²) in [4.78, 5) is 23.6. The molecule has 0 aliphatic carbocycles. The zero-order chi connectivity index (χ0) is 24.2. The predicted molar refractivity (Wildman–Crippen MR) is 130 cm³/mol. The van der Waals surface area contributed by atoms with Crippen molar-refractivity contribution in [2.75, 3.05) is 6.61 Å². The standard InChI is InChI=1S/C27H27FN2O4/c1-2-3-4-7-17-13-22-26(23(14-17)34-16-24(31)32)25-20(27(29)33)10-6-11-21(25)30(22)15-18-8-5-9-19(28)12-18/h5-6,8-14H,2-4,7,15-16H2,1H3,(H2,29,33)(H,31,32). The molecular weight excluding hydrogens is 435 g/mol. The Morgan fingerprint density at radius 1 is 1.00 bits per heavy atom. The maximum Gasteiger partial charge on any atom is 0.341 e. The van der Waals surface area contributed by atoms with Gasteiger partial charge in [-0.25, -0.2) is 9.18 Å². The van der Waals surface area contributed by atoms with E-state index in [1.165, 1.54) is 12.1 Å². The second-order valence-electron chi connectivity index (χ2n) is 8.41. The van der Waals surface area contributed by atoms with E-state index >= 15 is 0 Å². The van der Waals surface area contributed by atoms with Crippen LogP contribution in [0.3, 0.4) is 0 Å². The molecule has 0 aliphatic heterocycles. The lowest BCUT2D eigenvalue weighted by atomic mass is 10.0. The van der Waals surface area contributed by atoms with Gasteiger partial charge in [0.25, 0.3) is 0 Å². The molecule has 0 spiro atoms. The Hall–Kier alpha value is -3.87. The highest BCUT2D eigenvalue weighted by Gasteiger charge is 2.21. The van der Waals surface area contributed by atoms with Crippen LogP contribution in [0.15, 0.2) is 54.6 Å². The van der Waals surface area contributed by atoms with Gasteiger partial charge in [-0.15, -0.1) is 0 Å². The molecule has 3 N–H and O–H groups in total. The van der Waals surface area contributed by atoms with E-state index in [1.54, 1.807) is 18.2 Å². The van der Waals surface area contributed by atoms with Crippen LogP contribution in [-0.4, -0.2) is 28.2 Å². The Balaban J connectivity index is 2.01. The van der Waals surface area contributed by atoms with Gasteiger partial charge in [-0.1, -0.05) is 38.0 Å². The highest BCUT2D eigenvalue weighted by atomic mass is 19.1. The third-order valence-corrected chi connectivity index (χ3v) is 5.93. The van der Waals surface area contributed by atoms with E-state index in [0.717, 1.165) is 47.8 Å². The molecule has 34 heavy (non-hydrogen) atoms. The van der Waals surface area contributed by atoms with Gasteiger partial charge in [0, 0.05) is 17.5 Å². The number of primary amides is 1. The van der Waals surface area contributed by atoms with Crippen LogP contribution in [0.4, 0.5) is 4.39 Å². The van der Waals surface area contributed by atoms with Gasteiger partial charge in [-0.3, -0.25) is 4.79 Å². The monoisotopic (exact) mass is 462 g/mol. The summed E-state index contributed by atoms with van der Waals surface area (Å²) < 4.78 is 21.7. The third kappa shape index (κ3) is 4.73. The summed E-state index contributed by atoms with van der Waals surface area (Å²) in [6.07, 6.45) is 3.93. The van der Waals surface area contributed by atoms with Crippen molar-refractivity contribution < 1.29 is 23.8 Å². The Morgan fingerprint density at radius 2 is 1.79 bits per heavy atom. The second-order valence-corrected chi connectivity index (χ2v) is 8.41. The topological polar surface area (TPSA) is 94.6 Å². The summed E-state index contributed by atoms with van der Waals surface area (Å²) in [5.41, 5.74) is 9.30. The maximum absolute atomic E-state index is 13.9. The fourth-order valence-electron chi connectivity index (χ4n) is 4.45. The highest BCUT2D eigenvalue weighted by Crippen LogP contribution is 2.39. The smallest absolute Gasteiger partial charge is 0.341 e. The highest BCUT2D eigenvalue weighted by molar-refractivity contribution is 6.19. The normalized spacial score (nSPS) is 11.2. The molecule has 1 amide bonds. The number of nitrogens with zero attached hydrogens (tertiary/aromatic N) is 1. The molecule has 0 bridgehead atoms. The third-order valence-electron chi connectivity index (χ3n) is 5.93. The quantitative estimate of drug-likeness (QED) is 0.314. The molecule has 176 valence electrons. The number of nitrogens with two attached hydrogens (primary N) is 1. The van der Waals surface area contributed by atoms with Crippen LogP contribution in [0.5, 0.6) is 5.75 Å². The van der Waals surface area contributed by atoms with Gasteiger partial charge in [-0.05, 0) is 60.4 Å². The Morgan fingerprint density at radius 3 is 2.50 bits per heavy atom. The Kier molecular flexibility index (Phi) is 6.82. The molecule has 0 saturated heterocycles. The van der Waals surface area contributed by atoms with Gasteiger partial charge in [0.1, 0.15) is 11.6 Å². The number of aryl methyl sites for hydroxylation is 1. The molecule has 1 heterocycles. The van der Waals surface area contributed by atoms with Gasteiger partial charge >= 0.3 is 5.97 Å². The number of carboxylic acid groups (broad SMARTS) is 1.